The highest BCUT2D eigenvalue weighted by atomic mass is 32.2. The van der Waals surface area contributed by atoms with Crippen LogP contribution in [0.5, 0.6) is 0 Å². The number of sulfonamides is 1. The van der Waals surface area contributed by atoms with Crippen LogP contribution in [0, 0.1) is 13.8 Å². The number of benzene rings is 1. The van der Waals surface area contributed by atoms with Crippen LogP contribution in [0.25, 0.3) is 0 Å². The number of nitrogens with one attached hydrogen (secondary N) is 2. The molecule has 3 aromatic rings. The van der Waals surface area contributed by atoms with Gasteiger partial charge in [0, 0.05) is 18.9 Å². The summed E-state index contributed by atoms with van der Waals surface area (Å²) in [4.78, 5) is 8.41. The van der Waals surface area contributed by atoms with E-state index in [-0.39, 0.29) is 10.7 Å². The molecule has 0 spiro atoms. The highest BCUT2D eigenvalue weighted by Gasteiger charge is 2.17. The molecule has 2 N–H and O–H groups in total. The molecule has 1 aromatic carbocycles. The van der Waals surface area contributed by atoms with Crippen LogP contribution in [0.4, 0.5) is 11.5 Å². The predicted octanol–water partition coefficient (Wildman–Crippen LogP) is 3.51. The van der Waals surface area contributed by atoms with Crippen LogP contribution in [0.3, 0.4) is 0 Å². The lowest BCUT2D eigenvalue weighted by Crippen LogP contribution is -2.15. The van der Waals surface area contributed by atoms with Crippen molar-refractivity contribution >= 4 is 21.5 Å². The molecule has 0 aliphatic heterocycles. The van der Waals surface area contributed by atoms with E-state index in [0.717, 1.165) is 16.8 Å². The second-order valence-corrected chi connectivity index (χ2v) is 7.67. The first kappa shape index (κ1) is 17.9. The zero-order valence-corrected chi connectivity index (χ0v) is 15.4. The molecule has 6 nitrogen and oxygen atoms in total. The molecular weight excluding hydrogens is 348 g/mol. The number of aryl methyl sites for hydroxylation is 2. The maximum Gasteiger partial charge on any atom is 0.263 e. The van der Waals surface area contributed by atoms with Crippen LogP contribution in [0.1, 0.15) is 16.7 Å². The van der Waals surface area contributed by atoms with Gasteiger partial charge >= 0.3 is 0 Å². The smallest absolute Gasteiger partial charge is 0.263 e. The number of hydrogen-bond donors (Lipinski definition) is 2. The van der Waals surface area contributed by atoms with Crippen molar-refractivity contribution in [1.82, 2.24) is 9.97 Å². The van der Waals surface area contributed by atoms with Gasteiger partial charge in [0.15, 0.2) is 0 Å². The highest BCUT2D eigenvalue weighted by Crippen LogP contribution is 2.20. The minimum absolute atomic E-state index is 0.254. The average Bonchev–Trinajstić information content (AvgIpc) is 2.61. The number of pyridine rings is 2. The van der Waals surface area contributed by atoms with Gasteiger partial charge in [-0.1, -0.05) is 17.7 Å². The standard InChI is InChI=1S/C19H20N4O2S/c1-14-3-5-18(15(2)11-14)26(24,25)23-19-6-4-17(13-22-19)21-12-16-7-9-20-10-8-16/h3-11,13,21H,12H2,1-2H3,(H,22,23). The van der Waals surface area contributed by atoms with Crippen molar-refractivity contribution in [2.24, 2.45) is 0 Å². The molecule has 7 heteroatoms. The first-order valence-corrected chi connectivity index (χ1v) is 9.61. The van der Waals surface area contributed by atoms with Crippen molar-refractivity contribution in [1.29, 1.82) is 0 Å². The summed E-state index contributed by atoms with van der Waals surface area (Å²) in [6.07, 6.45) is 5.07. The summed E-state index contributed by atoms with van der Waals surface area (Å²) in [5, 5.41) is 3.23. The fourth-order valence-corrected chi connectivity index (χ4v) is 3.79. The number of aromatic nitrogens is 2. The summed E-state index contributed by atoms with van der Waals surface area (Å²) >= 11 is 0. The molecule has 3 rings (SSSR count). The minimum atomic E-state index is -3.67. The molecule has 134 valence electrons. The fourth-order valence-electron chi connectivity index (χ4n) is 2.56. The first-order chi connectivity index (χ1) is 12.4. The van der Waals surface area contributed by atoms with Gasteiger partial charge in [0.25, 0.3) is 10.0 Å². The molecule has 0 atom stereocenters. The Morgan fingerprint density at radius 1 is 1.00 bits per heavy atom. The van der Waals surface area contributed by atoms with E-state index < -0.39 is 10.0 Å². The third kappa shape index (κ3) is 4.37. The van der Waals surface area contributed by atoms with Crippen LogP contribution in [0.15, 0.2) is 66.0 Å². The first-order valence-electron chi connectivity index (χ1n) is 8.13. The second kappa shape index (κ2) is 7.53. The predicted molar refractivity (Wildman–Crippen MR) is 103 cm³/mol. The lowest BCUT2D eigenvalue weighted by atomic mass is 10.2. The van der Waals surface area contributed by atoms with Crippen molar-refractivity contribution < 1.29 is 8.42 Å². The average molecular weight is 368 g/mol. The summed E-state index contributed by atoms with van der Waals surface area (Å²) in [7, 11) is -3.67. The summed E-state index contributed by atoms with van der Waals surface area (Å²) in [6.45, 7) is 4.34. The Bertz CT molecular complexity index is 988. The number of hydrogen-bond acceptors (Lipinski definition) is 5. The van der Waals surface area contributed by atoms with Crippen LogP contribution >= 0.6 is 0 Å². The van der Waals surface area contributed by atoms with Gasteiger partial charge in [-0.2, -0.15) is 0 Å². The topological polar surface area (TPSA) is 84.0 Å². The van der Waals surface area contributed by atoms with Crippen molar-refractivity contribution in [2.45, 2.75) is 25.3 Å². The lowest BCUT2D eigenvalue weighted by molar-refractivity contribution is 0.600. The molecule has 26 heavy (non-hydrogen) atoms. The van der Waals surface area contributed by atoms with E-state index in [0.29, 0.717) is 12.1 Å². The van der Waals surface area contributed by atoms with Crippen LogP contribution in [-0.2, 0) is 16.6 Å². The van der Waals surface area contributed by atoms with E-state index in [9.17, 15) is 8.42 Å². The Morgan fingerprint density at radius 2 is 1.77 bits per heavy atom. The Balaban J connectivity index is 1.68. The van der Waals surface area contributed by atoms with Gasteiger partial charge in [0.1, 0.15) is 5.82 Å². The third-order valence-corrected chi connectivity index (χ3v) is 5.38. The normalized spacial score (nSPS) is 11.2. The molecule has 0 bridgehead atoms. The molecule has 0 saturated heterocycles. The van der Waals surface area contributed by atoms with E-state index in [2.05, 4.69) is 20.0 Å². The van der Waals surface area contributed by atoms with Gasteiger partial charge in [-0.15, -0.1) is 0 Å². The van der Waals surface area contributed by atoms with E-state index in [4.69, 9.17) is 0 Å². The van der Waals surface area contributed by atoms with Gasteiger partial charge in [-0.05, 0) is 55.3 Å². The van der Waals surface area contributed by atoms with Crippen molar-refractivity contribution in [2.75, 3.05) is 10.0 Å². The Hall–Kier alpha value is -2.93. The van der Waals surface area contributed by atoms with Crippen LogP contribution < -0.4 is 10.0 Å². The van der Waals surface area contributed by atoms with Crippen molar-refractivity contribution in [3.05, 3.63) is 77.7 Å². The molecule has 0 aliphatic carbocycles. The van der Waals surface area contributed by atoms with E-state index in [1.807, 2.05) is 25.1 Å². The quantitative estimate of drug-likeness (QED) is 0.696. The molecule has 2 heterocycles. The maximum absolute atomic E-state index is 12.6. The van der Waals surface area contributed by atoms with Crippen molar-refractivity contribution in [3.8, 4) is 0 Å². The zero-order chi connectivity index (χ0) is 18.6. The summed E-state index contributed by atoms with van der Waals surface area (Å²) in [5.74, 6) is 0.277. The third-order valence-electron chi connectivity index (χ3n) is 3.87. The molecule has 0 amide bonds. The summed E-state index contributed by atoms with van der Waals surface area (Å²) in [6, 6.07) is 12.5. The largest absolute Gasteiger partial charge is 0.380 e. The van der Waals surface area contributed by atoms with E-state index in [1.165, 1.54) is 0 Å². The number of rotatable bonds is 6. The Labute approximate surface area is 153 Å². The van der Waals surface area contributed by atoms with Crippen molar-refractivity contribution in [3.63, 3.8) is 0 Å². The van der Waals surface area contributed by atoms with Crippen LogP contribution in [0.2, 0.25) is 0 Å². The Kier molecular flexibility index (Phi) is 5.18. The molecule has 0 aliphatic rings. The molecule has 0 fully saturated rings. The minimum Gasteiger partial charge on any atom is -0.380 e. The molecular formula is C19H20N4O2S. The monoisotopic (exact) mass is 368 g/mol. The summed E-state index contributed by atoms with van der Waals surface area (Å²) in [5.41, 5.74) is 3.62. The number of anilines is 2. The van der Waals surface area contributed by atoms with Gasteiger partial charge in [0.05, 0.1) is 16.8 Å². The molecule has 2 aromatic heterocycles. The second-order valence-electron chi connectivity index (χ2n) is 6.02. The highest BCUT2D eigenvalue weighted by molar-refractivity contribution is 7.92. The molecule has 0 unspecified atom stereocenters. The lowest BCUT2D eigenvalue weighted by Gasteiger charge is -2.11. The van der Waals surface area contributed by atoms with Gasteiger partial charge in [-0.3, -0.25) is 9.71 Å². The van der Waals surface area contributed by atoms with E-state index in [1.54, 1.807) is 49.8 Å². The van der Waals surface area contributed by atoms with Gasteiger partial charge in [0.2, 0.25) is 0 Å². The Morgan fingerprint density at radius 3 is 2.42 bits per heavy atom. The SMILES string of the molecule is Cc1ccc(S(=O)(=O)Nc2ccc(NCc3ccncc3)cn2)c(C)c1. The maximum atomic E-state index is 12.6. The zero-order valence-electron chi connectivity index (χ0n) is 14.6. The van der Waals surface area contributed by atoms with Gasteiger partial charge in [-0.25, -0.2) is 13.4 Å². The fraction of sp³-hybridized carbons (Fsp3) is 0.158. The van der Waals surface area contributed by atoms with Crippen LogP contribution in [-0.4, -0.2) is 18.4 Å². The van der Waals surface area contributed by atoms with E-state index >= 15 is 0 Å². The molecule has 0 radical (unpaired) electrons. The number of nitrogens with zero attached hydrogens (tertiary/aromatic N) is 2. The summed E-state index contributed by atoms with van der Waals surface area (Å²) < 4.78 is 27.6. The van der Waals surface area contributed by atoms with Gasteiger partial charge < -0.3 is 5.32 Å². The molecule has 0 saturated carbocycles.